The highest BCUT2D eigenvalue weighted by atomic mass is 16.1. The van der Waals surface area contributed by atoms with E-state index in [0.29, 0.717) is 17.8 Å². The number of ketones is 1. The van der Waals surface area contributed by atoms with Crippen LogP contribution in [-0.2, 0) is 17.8 Å². The molecule has 5 nitrogen and oxygen atoms in total. The molecule has 2 aromatic carbocycles. The van der Waals surface area contributed by atoms with Crippen LogP contribution in [-0.4, -0.2) is 16.7 Å². The first-order valence-electron chi connectivity index (χ1n) is 8.93. The fraction of sp³-hybridized carbons (Fsp3) is 0.0870. The van der Waals surface area contributed by atoms with Crippen LogP contribution >= 0.6 is 0 Å². The van der Waals surface area contributed by atoms with Crippen LogP contribution in [0.3, 0.4) is 0 Å². The second kappa shape index (κ2) is 9.28. The van der Waals surface area contributed by atoms with E-state index in [9.17, 15) is 9.59 Å². The Kier molecular flexibility index (Phi) is 6.31. The molecule has 0 atom stereocenters. The van der Waals surface area contributed by atoms with Gasteiger partial charge in [-0.3, -0.25) is 14.6 Å². The number of nitrogens with one attached hydrogen (secondary N) is 1. The van der Waals surface area contributed by atoms with Crippen LogP contribution in [0.15, 0.2) is 79.1 Å². The van der Waals surface area contributed by atoms with Gasteiger partial charge >= 0.3 is 0 Å². The molecule has 140 valence electrons. The summed E-state index contributed by atoms with van der Waals surface area (Å²) in [6.07, 6.45) is 6.67. The number of benzene rings is 2. The van der Waals surface area contributed by atoms with Gasteiger partial charge in [-0.05, 0) is 28.8 Å². The SMILES string of the molecule is Nc1cnccc1CC(=O)c1ccc(CNC(=O)/C=C/c2ccccc2)cc1. The Bertz CT molecular complexity index is 980. The molecule has 5 heteroatoms. The maximum Gasteiger partial charge on any atom is 0.244 e. The summed E-state index contributed by atoms with van der Waals surface area (Å²) in [5.41, 5.74) is 9.61. The van der Waals surface area contributed by atoms with Gasteiger partial charge in [0.15, 0.2) is 5.78 Å². The summed E-state index contributed by atoms with van der Waals surface area (Å²) in [6, 6.07) is 18.6. The predicted octanol–water partition coefficient (Wildman–Crippen LogP) is 3.42. The smallest absolute Gasteiger partial charge is 0.244 e. The van der Waals surface area contributed by atoms with Crippen molar-refractivity contribution in [3.05, 3.63) is 101 Å². The molecule has 0 aliphatic rings. The Morgan fingerprint density at radius 1 is 1.00 bits per heavy atom. The van der Waals surface area contributed by atoms with Crippen LogP contribution in [0.2, 0.25) is 0 Å². The number of pyridine rings is 1. The molecule has 1 amide bonds. The first-order chi connectivity index (χ1) is 13.6. The molecule has 0 radical (unpaired) electrons. The Balaban J connectivity index is 1.53. The van der Waals surface area contributed by atoms with Crippen LogP contribution in [0, 0.1) is 0 Å². The molecule has 3 aromatic rings. The molecular formula is C23H21N3O2. The van der Waals surface area contributed by atoms with Gasteiger partial charge in [0, 0.05) is 30.8 Å². The Hall–Kier alpha value is -3.73. The maximum absolute atomic E-state index is 12.4. The molecule has 1 heterocycles. The zero-order valence-electron chi connectivity index (χ0n) is 15.3. The predicted molar refractivity (Wildman–Crippen MR) is 110 cm³/mol. The van der Waals surface area contributed by atoms with E-state index in [1.807, 2.05) is 42.5 Å². The third-order valence-electron chi connectivity index (χ3n) is 4.27. The number of carbonyl (C=O) groups excluding carboxylic acids is 2. The van der Waals surface area contributed by atoms with Crippen molar-refractivity contribution in [3.63, 3.8) is 0 Å². The minimum absolute atomic E-state index is 0.0146. The lowest BCUT2D eigenvalue weighted by Crippen LogP contribution is -2.20. The number of hydrogen-bond acceptors (Lipinski definition) is 4. The van der Waals surface area contributed by atoms with E-state index >= 15 is 0 Å². The molecule has 3 rings (SSSR count). The standard InChI is InChI=1S/C23H21N3O2/c24-21-16-25-13-12-20(21)14-22(27)19-9-6-18(7-10-19)15-26-23(28)11-8-17-4-2-1-3-5-17/h1-13,16H,14-15,24H2,(H,26,28)/b11-8+. The normalized spacial score (nSPS) is 10.7. The van der Waals surface area contributed by atoms with E-state index in [1.165, 1.54) is 6.08 Å². The van der Waals surface area contributed by atoms with Crippen LogP contribution in [0.5, 0.6) is 0 Å². The topological polar surface area (TPSA) is 85.1 Å². The molecule has 0 saturated carbocycles. The molecule has 0 fully saturated rings. The van der Waals surface area contributed by atoms with Crippen molar-refractivity contribution in [1.82, 2.24) is 10.3 Å². The highest BCUT2D eigenvalue weighted by Crippen LogP contribution is 2.14. The number of carbonyl (C=O) groups is 2. The Morgan fingerprint density at radius 2 is 1.75 bits per heavy atom. The molecule has 0 saturated heterocycles. The van der Waals surface area contributed by atoms with Crippen LogP contribution in [0.1, 0.15) is 27.0 Å². The van der Waals surface area contributed by atoms with E-state index in [1.54, 1.807) is 36.7 Å². The molecule has 1 aromatic heterocycles. The van der Waals surface area contributed by atoms with E-state index < -0.39 is 0 Å². The summed E-state index contributed by atoms with van der Waals surface area (Å²) in [7, 11) is 0. The van der Waals surface area contributed by atoms with Crippen molar-refractivity contribution in [3.8, 4) is 0 Å². The van der Waals surface area contributed by atoms with Crippen molar-refractivity contribution < 1.29 is 9.59 Å². The van der Waals surface area contributed by atoms with E-state index in [4.69, 9.17) is 5.73 Å². The van der Waals surface area contributed by atoms with Crippen LogP contribution < -0.4 is 11.1 Å². The van der Waals surface area contributed by atoms with E-state index in [-0.39, 0.29) is 18.1 Å². The van der Waals surface area contributed by atoms with Gasteiger partial charge in [0.1, 0.15) is 0 Å². The monoisotopic (exact) mass is 371 g/mol. The van der Waals surface area contributed by atoms with Crippen LogP contribution in [0.25, 0.3) is 6.08 Å². The summed E-state index contributed by atoms with van der Waals surface area (Å²) < 4.78 is 0. The highest BCUT2D eigenvalue weighted by Gasteiger charge is 2.09. The third kappa shape index (κ3) is 5.38. The van der Waals surface area contributed by atoms with E-state index in [2.05, 4.69) is 10.3 Å². The number of Topliss-reactive ketones (excluding diaryl/α,β-unsaturated/α-hetero) is 1. The largest absolute Gasteiger partial charge is 0.397 e. The zero-order chi connectivity index (χ0) is 19.8. The second-order valence-electron chi connectivity index (χ2n) is 6.33. The minimum atomic E-state index is -0.169. The zero-order valence-corrected chi connectivity index (χ0v) is 15.3. The number of nitrogens with zero attached hydrogens (tertiary/aromatic N) is 1. The average Bonchev–Trinajstić information content (AvgIpc) is 2.73. The van der Waals surface area contributed by atoms with Crippen molar-refractivity contribution in [2.24, 2.45) is 0 Å². The van der Waals surface area contributed by atoms with Crippen molar-refractivity contribution in [1.29, 1.82) is 0 Å². The second-order valence-corrected chi connectivity index (χ2v) is 6.33. The number of amides is 1. The van der Waals surface area contributed by atoms with Gasteiger partial charge in [-0.2, -0.15) is 0 Å². The van der Waals surface area contributed by atoms with Gasteiger partial charge in [0.2, 0.25) is 5.91 Å². The number of nitrogen functional groups attached to an aromatic ring is 1. The van der Waals surface area contributed by atoms with Crippen molar-refractivity contribution >= 4 is 23.5 Å². The van der Waals surface area contributed by atoms with Gasteiger partial charge in [0.25, 0.3) is 0 Å². The number of anilines is 1. The van der Waals surface area contributed by atoms with Gasteiger partial charge in [0.05, 0.1) is 11.9 Å². The van der Waals surface area contributed by atoms with Gasteiger partial charge in [-0.1, -0.05) is 54.6 Å². The molecule has 28 heavy (non-hydrogen) atoms. The highest BCUT2D eigenvalue weighted by molar-refractivity contribution is 5.98. The minimum Gasteiger partial charge on any atom is -0.397 e. The molecule has 3 N–H and O–H groups in total. The number of nitrogens with two attached hydrogens (primary N) is 1. The van der Waals surface area contributed by atoms with Crippen molar-refractivity contribution in [2.45, 2.75) is 13.0 Å². The first kappa shape index (κ1) is 19.0. The lowest BCUT2D eigenvalue weighted by atomic mass is 10.0. The number of aromatic nitrogens is 1. The Labute approximate surface area is 163 Å². The number of rotatable bonds is 7. The quantitative estimate of drug-likeness (QED) is 0.492. The summed E-state index contributed by atoms with van der Waals surface area (Å²) >= 11 is 0. The fourth-order valence-electron chi connectivity index (χ4n) is 2.66. The average molecular weight is 371 g/mol. The van der Waals surface area contributed by atoms with Gasteiger partial charge < -0.3 is 11.1 Å². The lowest BCUT2D eigenvalue weighted by Gasteiger charge is -2.06. The maximum atomic E-state index is 12.4. The van der Waals surface area contributed by atoms with E-state index in [0.717, 1.165) is 16.7 Å². The fourth-order valence-corrected chi connectivity index (χ4v) is 2.66. The van der Waals surface area contributed by atoms with Crippen LogP contribution in [0.4, 0.5) is 5.69 Å². The lowest BCUT2D eigenvalue weighted by molar-refractivity contribution is -0.116. The van der Waals surface area contributed by atoms with Crippen molar-refractivity contribution in [2.75, 3.05) is 5.73 Å². The molecule has 0 aliphatic heterocycles. The third-order valence-corrected chi connectivity index (χ3v) is 4.27. The summed E-state index contributed by atoms with van der Waals surface area (Å²) in [5.74, 6) is -0.184. The Morgan fingerprint density at radius 3 is 2.46 bits per heavy atom. The molecule has 0 aliphatic carbocycles. The summed E-state index contributed by atoms with van der Waals surface area (Å²) in [5, 5.41) is 2.83. The molecule has 0 bridgehead atoms. The first-order valence-corrected chi connectivity index (χ1v) is 8.93. The summed E-state index contributed by atoms with van der Waals surface area (Å²) in [6.45, 7) is 0.393. The van der Waals surface area contributed by atoms with Gasteiger partial charge in [-0.25, -0.2) is 0 Å². The molecule has 0 unspecified atom stereocenters. The van der Waals surface area contributed by atoms with Gasteiger partial charge in [-0.15, -0.1) is 0 Å². The summed E-state index contributed by atoms with van der Waals surface area (Å²) in [4.78, 5) is 28.3. The molecular weight excluding hydrogens is 350 g/mol. The number of hydrogen-bond donors (Lipinski definition) is 2. The molecule has 0 spiro atoms.